The molecule has 11 nitrogen and oxygen atoms in total. The molecular weight excluding hydrogens is 392 g/mol. The van der Waals surface area contributed by atoms with Crippen LogP contribution in [0.5, 0.6) is 0 Å². The maximum absolute atomic E-state index is 12.2. The topological polar surface area (TPSA) is 146 Å². The van der Waals surface area contributed by atoms with Crippen LogP contribution in [0.3, 0.4) is 0 Å². The van der Waals surface area contributed by atoms with Crippen LogP contribution in [0.2, 0.25) is 0 Å². The van der Waals surface area contributed by atoms with Crippen LogP contribution in [-0.2, 0) is 6.54 Å². The Morgan fingerprint density at radius 2 is 1.87 bits per heavy atom. The number of hydrazone groups is 1. The molecule has 1 heterocycles. The van der Waals surface area contributed by atoms with Gasteiger partial charge in [-0.15, -0.1) is 0 Å². The van der Waals surface area contributed by atoms with E-state index in [9.17, 15) is 25.0 Å². The average Bonchev–Trinajstić information content (AvgIpc) is 3.09. The summed E-state index contributed by atoms with van der Waals surface area (Å²) >= 11 is 0. The van der Waals surface area contributed by atoms with E-state index in [1.807, 2.05) is 0 Å². The van der Waals surface area contributed by atoms with Crippen LogP contribution in [0.15, 0.2) is 59.7 Å². The van der Waals surface area contributed by atoms with Crippen LogP contribution >= 0.6 is 0 Å². The minimum atomic E-state index is -0.550. The second-order valence-corrected chi connectivity index (χ2v) is 6.31. The molecule has 1 aromatic heterocycles. The first-order valence-corrected chi connectivity index (χ1v) is 8.69. The zero-order valence-electron chi connectivity index (χ0n) is 15.8. The number of nitro groups is 2. The number of hydrogen-bond donors (Lipinski definition) is 1. The van der Waals surface area contributed by atoms with Gasteiger partial charge in [-0.05, 0) is 29.5 Å². The third-order valence-corrected chi connectivity index (χ3v) is 4.16. The molecule has 0 radical (unpaired) electrons. The van der Waals surface area contributed by atoms with Crippen LogP contribution < -0.4 is 5.43 Å². The molecule has 0 saturated carbocycles. The summed E-state index contributed by atoms with van der Waals surface area (Å²) in [6, 6.07) is 13.9. The Hall–Kier alpha value is -4.41. The first-order chi connectivity index (χ1) is 14.3. The summed E-state index contributed by atoms with van der Waals surface area (Å²) in [5.74, 6) is -0.667. The maximum Gasteiger partial charge on any atom is 0.390 e. The molecule has 0 unspecified atom stereocenters. The molecule has 11 heteroatoms. The minimum absolute atomic E-state index is 0.0707. The van der Waals surface area contributed by atoms with Gasteiger partial charge in [0.15, 0.2) is 0 Å². The monoisotopic (exact) mass is 408 g/mol. The molecule has 0 saturated heterocycles. The number of non-ortho nitro benzene ring substituents is 1. The van der Waals surface area contributed by atoms with Gasteiger partial charge in [0.05, 0.1) is 34.5 Å². The van der Waals surface area contributed by atoms with Crippen molar-refractivity contribution in [3.63, 3.8) is 0 Å². The van der Waals surface area contributed by atoms with E-state index in [0.29, 0.717) is 23.4 Å². The molecule has 2 aromatic carbocycles. The highest BCUT2D eigenvalue weighted by atomic mass is 16.6. The second-order valence-electron chi connectivity index (χ2n) is 6.31. The number of aromatic nitrogens is 2. The molecule has 0 bridgehead atoms. The Morgan fingerprint density at radius 1 is 1.13 bits per heavy atom. The summed E-state index contributed by atoms with van der Waals surface area (Å²) in [5.41, 5.74) is 4.59. The standard InChI is InChI=1S/C19H16N6O5/c1-13-9-18(25(29)30)22-23(13)12-14-5-7-16(8-6-14)19(26)21-20-11-15-3-2-4-17(10-15)24(27)28/h2-11H,12H2,1H3,(H,21,26)/b20-11+. The summed E-state index contributed by atoms with van der Waals surface area (Å²) in [4.78, 5) is 32.7. The van der Waals surface area contributed by atoms with E-state index >= 15 is 0 Å². The molecule has 0 aliphatic heterocycles. The number of hydrogen-bond acceptors (Lipinski definition) is 7. The number of nitrogens with zero attached hydrogens (tertiary/aromatic N) is 5. The lowest BCUT2D eigenvalue weighted by Gasteiger charge is -2.03. The number of nitro benzene ring substituents is 1. The summed E-state index contributed by atoms with van der Waals surface area (Å²) in [7, 11) is 0. The number of carbonyl (C=O) groups is 1. The van der Waals surface area contributed by atoms with E-state index in [-0.39, 0.29) is 11.5 Å². The SMILES string of the molecule is Cc1cc([N+](=O)[O-])nn1Cc1ccc(C(=O)N/N=C/c2cccc([N+](=O)[O-])c2)cc1. The molecule has 3 rings (SSSR count). The largest absolute Gasteiger partial charge is 0.390 e. The van der Waals surface area contributed by atoms with Gasteiger partial charge in [0, 0.05) is 23.3 Å². The zero-order valence-corrected chi connectivity index (χ0v) is 15.8. The Bertz CT molecular complexity index is 1140. The van der Waals surface area contributed by atoms with Crippen molar-refractivity contribution in [2.45, 2.75) is 13.5 Å². The van der Waals surface area contributed by atoms with Crippen molar-refractivity contribution in [1.29, 1.82) is 0 Å². The quantitative estimate of drug-likeness (QED) is 0.361. The van der Waals surface area contributed by atoms with E-state index < -0.39 is 15.8 Å². The lowest BCUT2D eigenvalue weighted by molar-refractivity contribution is -0.389. The van der Waals surface area contributed by atoms with Gasteiger partial charge in [-0.3, -0.25) is 14.9 Å². The fraction of sp³-hybridized carbons (Fsp3) is 0.105. The normalized spacial score (nSPS) is 10.8. The first-order valence-electron chi connectivity index (χ1n) is 8.69. The van der Waals surface area contributed by atoms with Gasteiger partial charge in [-0.25, -0.2) is 5.43 Å². The van der Waals surface area contributed by atoms with E-state index in [1.165, 1.54) is 35.2 Å². The van der Waals surface area contributed by atoms with Crippen molar-refractivity contribution < 1.29 is 14.6 Å². The number of rotatable bonds is 7. The molecule has 0 fully saturated rings. The van der Waals surface area contributed by atoms with Crippen LogP contribution in [0.4, 0.5) is 11.5 Å². The predicted molar refractivity (Wildman–Crippen MR) is 107 cm³/mol. The maximum atomic E-state index is 12.2. The summed E-state index contributed by atoms with van der Waals surface area (Å²) in [5, 5.41) is 29.3. The Balaban J connectivity index is 1.62. The third-order valence-electron chi connectivity index (χ3n) is 4.16. The van der Waals surface area contributed by atoms with Gasteiger partial charge in [-0.1, -0.05) is 24.3 Å². The van der Waals surface area contributed by atoms with Crippen LogP contribution in [0.25, 0.3) is 0 Å². The second kappa shape index (κ2) is 8.73. The van der Waals surface area contributed by atoms with Gasteiger partial charge in [0.25, 0.3) is 11.6 Å². The zero-order chi connectivity index (χ0) is 21.7. The van der Waals surface area contributed by atoms with E-state index in [1.54, 1.807) is 37.3 Å². The summed E-state index contributed by atoms with van der Waals surface area (Å²) in [6.07, 6.45) is 1.31. The van der Waals surface area contributed by atoms with Crippen LogP contribution in [0.1, 0.15) is 27.2 Å². The van der Waals surface area contributed by atoms with Gasteiger partial charge < -0.3 is 10.1 Å². The third kappa shape index (κ3) is 4.90. The molecule has 0 atom stereocenters. The Labute approximate surface area is 169 Å². The lowest BCUT2D eigenvalue weighted by atomic mass is 10.1. The highest BCUT2D eigenvalue weighted by molar-refractivity contribution is 5.94. The van der Waals surface area contributed by atoms with Crippen LogP contribution in [-0.4, -0.2) is 31.7 Å². The fourth-order valence-electron chi connectivity index (χ4n) is 2.63. The van der Waals surface area contributed by atoms with Crippen molar-refractivity contribution in [2.24, 2.45) is 5.10 Å². The highest BCUT2D eigenvalue weighted by Gasteiger charge is 2.15. The van der Waals surface area contributed by atoms with Crippen molar-refractivity contribution in [3.05, 3.63) is 97.2 Å². The summed E-state index contributed by atoms with van der Waals surface area (Å²) < 4.78 is 1.51. The molecule has 0 spiro atoms. The first kappa shape index (κ1) is 20.3. The predicted octanol–water partition coefficient (Wildman–Crippen LogP) is 2.82. The number of nitrogens with one attached hydrogen (secondary N) is 1. The van der Waals surface area contributed by atoms with Crippen molar-refractivity contribution in [1.82, 2.24) is 15.2 Å². The Morgan fingerprint density at radius 3 is 2.50 bits per heavy atom. The van der Waals surface area contributed by atoms with Gasteiger partial charge in [0.1, 0.15) is 0 Å². The minimum Gasteiger partial charge on any atom is -0.358 e. The molecule has 1 amide bonds. The molecule has 3 aromatic rings. The number of aryl methyl sites for hydroxylation is 1. The molecule has 1 N–H and O–H groups in total. The molecule has 152 valence electrons. The summed E-state index contributed by atoms with van der Waals surface area (Å²) in [6.45, 7) is 2.05. The highest BCUT2D eigenvalue weighted by Crippen LogP contribution is 2.14. The van der Waals surface area contributed by atoms with Crippen molar-refractivity contribution >= 4 is 23.6 Å². The molecule has 0 aliphatic carbocycles. The number of benzene rings is 2. The van der Waals surface area contributed by atoms with Crippen molar-refractivity contribution in [3.8, 4) is 0 Å². The van der Waals surface area contributed by atoms with Crippen LogP contribution in [0, 0.1) is 27.2 Å². The van der Waals surface area contributed by atoms with Crippen molar-refractivity contribution in [2.75, 3.05) is 0 Å². The van der Waals surface area contributed by atoms with E-state index in [2.05, 4.69) is 15.6 Å². The Kier molecular flexibility index (Phi) is 5.92. The number of amides is 1. The lowest BCUT2D eigenvalue weighted by Crippen LogP contribution is -2.17. The van der Waals surface area contributed by atoms with Gasteiger partial charge in [-0.2, -0.15) is 9.78 Å². The molecule has 30 heavy (non-hydrogen) atoms. The van der Waals surface area contributed by atoms with E-state index in [0.717, 1.165) is 5.56 Å². The van der Waals surface area contributed by atoms with Gasteiger partial charge in [0.2, 0.25) is 0 Å². The number of carbonyl (C=O) groups excluding carboxylic acids is 1. The average molecular weight is 408 g/mol. The van der Waals surface area contributed by atoms with Gasteiger partial charge >= 0.3 is 5.82 Å². The van der Waals surface area contributed by atoms with E-state index in [4.69, 9.17) is 0 Å². The fourth-order valence-corrected chi connectivity index (χ4v) is 2.63. The smallest absolute Gasteiger partial charge is 0.358 e. The molecule has 0 aliphatic rings. The molecular formula is C19H16N6O5.